The zero-order valence-corrected chi connectivity index (χ0v) is 16.0. The molecule has 26 heavy (non-hydrogen) atoms. The molecule has 0 saturated carbocycles. The van der Waals surface area contributed by atoms with E-state index in [0.717, 1.165) is 12.8 Å². The van der Waals surface area contributed by atoms with E-state index in [-0.39, 0.29) is 41.4 Å². The minimum absolute atomic E-state index is 0.00144. The Bertz CT molecular complexity index is 733. The summed E-state index contributed by atoms with van der Waals surface area (Å²) in [5.74, 6) is -1.27. The topological polar surface area (TPSA) is 104 Å². The Morgan fingerprint density at radius 1 is 1.15 bits per heavy atom. The van der Waals surface area contributed by atoms with Crippen molar-refractivity contribution in [2.24, 2.45) is 5.92 Å². The molecule has 1 fully saturated rings. The molecule has 0 aromatic heterocycles. The van der Waals surface area contributed by atoms with Gasteiger partial charge in [-0.2, -0.15) is 4.31 Å². The molecule has 1 aliphatic rings. The average molecular weight is 382 g/mol. The van der Waals surface area contributed by atoms with Crippen LogP contribution in [0, 0.1) is 5.92 Å². The van der Waals surface area contributed by atoms with E-state index in [1.54, 1.807) is 0 Å². The summed E-state index contributed by atoms with van der Waals surface area (Å²) in [6, 6.07) is 5.35. The van der Waals surface area contributed by atoms with E-state index < -0.39 is 16.0 Å². The number of piperidine rings is 1. The number of hydrogen-bond donors (Lipinski definition) is 2. The van der Waals surface area contributed by atoms with Gasteiger partial charge in [0, 0.05) is 25.0 Å². The lowest BCUT2D eigenvalue weighted by Gasteiger charge is -2.31. The van der Waals surface area contributed by atoms with Gasteiger partial charge in [-0.05, 0) is 49.9 Å². The lowest BCUT2D eigenvalue weighted by Crippen LogP contribution is -2.45. The fourth-order valence-electron chi connectivity index (χ4n) is 3.09. The van der Waals surface area contributed by atoms with Crippen LogP contribution in [-0.2, 0) is 14.8 Å². The molecule has 144 valence electrons. The first-order valence-corrected chi connectivity index (χ1v) is 10.4. The number of nitrogens with zero attached hydrogens (tertiary/aromatic N) is 1. The van der Waals surface area contributed by atoms with Gasteiger partial charge >= 0.3 is 5.97 Å². The van der Waals surface area contributed by atoms with Crippen LogP contribution in [0.1, 0.15) is 49.9 Å². The van der Waals surface area contributed by atoms with Gasteiger partial charge in [-0.25, -0.2) is 13.2 Å². The zero-order valence-electron chi connectivity index (χ0n) is 15.1. The van der Waals surface area contributed by atoms with Crippen LogP contribution in [0.5, 0.6) is 0 Å². The number of carboxylic acid groups (broad SMARTS) is 1. The maximum atomic E-state index is 12.7. The summed E-state index contributed by atoms with van der Waals surface area (Å²) in [6.45, 7) is 4.62. The number of rotatable bonds is 7. The summed E-state index contributed by atoms with van der Waals surface area (Å²) in [5.41, 5.74) is 0.0423. The third kappa shape index (κ3) is 4.62. The monoisotopic (exact) mass is 382 g/mol. The summed E-state index contributed by atoms with van der Waals surface area (Å²) in [6.07, 6.45) is 2.72. The molecule has 2 rings (SSSR count). The first kappa shape index (κ1) is 20.4. The highest BCUT2D eigenvalue weighted by atomic mass is 32.2. The number of aromatic carboxylic acids is 1. The van der Waals surface area contributed by atoms with Gasteiger partial charge in [-0.1, -0.05) is 13.8 Å². The fraction of sp³-hybridized carbons (Fsp3) is 0.556. The van der Waals surface area contributed by atoms with Crippen molar-refractivity contribution >= 4 is 21.9 Å². The lowest BCUT2D eigenvalue weighted by atomic mass is 9.96. The van der Waals surface area contributed by atoms with Gasteiger partial charge in [0.1, 0.15) is 0 Å². The molecule has 0 bridgehead atoms. The number of carboxylic acids is 1. The number of benzene rings is 1. The molecule has 2 N–H and O–H groups in total. The largest absolute Gasteiger partial charge is 0.478 e. The van der Waals surface area contributed by atoms with Gasteiger partial charge in [-0.3, -0.25) is 4.79 Å². The molecular weight excluding hydrogens is 356 g/mol. The molecule has 0 spiro atoms. The molecule has 1 aromatic carbocycles. The minimum atomic E-state index is -3.68. The molecule has 0 atom stereocenters. The first-order chi connectivity index (χ1) is 12.3. The summed E-state index contributed by atoms with van der Waals surface area (Å²) >= 11 is 0. The van der Waals surface area contributed by atoms with Gasteiger partial charge in [0.05, 0.1) is 10.5 Å². The van der Waals surface area contributed by atoms with Crippen molar-refractivity contribution in [3.63, 3.8) is 0 Å². The number of sulfonamides is 1. The second-order valence-corrected chi connectivity index (χ2v) is 8.47. The Balaban J connectivity index is 1.99. The van der Waals surface area contributed by atoms with Gasteiger partial charge in [0.25, 0.3) is 0 Å². The molecule has 0 radical (unpaired) electrons. The molecule has 1 saturated heterocycles. The molecule has 7 nitrogen and oxygen atoms in total. The number of hydrogen-bond acceptors (Lipinski definition) is 4. The predicted molar refractivity (Wildman–Crippen MR) is 97.4 cm³/mol. The summed E-state index contributed by atoms with van der Waals surface area (Å²) in [4.78, 5) is 23.3. The maximum absolute atomic E-state index is 12.7. The molecule has 0 unspecified atom stereocenters. The van der Waals surface area contributed by atoms with E-state index in [4.69, 9.17) is 5.11 Å². The van der Waals surface area contributed by atoms with Crippen LogP contribution in [0.25, 0.3) is 0 Å². The van der Waals surface area contributed by atoms with Crippen molar-refractivity contribution in [2.75, 3.05) is 13.1 Å². The molecule has 8 heteroatoms. The SMILES string of the molecule is CCC(CC)NC(=O)C1CCN(S(=O)(=O)c2ccc(C(=O)O)cc2)CC1. The van der Waals surface area contributed by atoms with Crippen LogP contribution in [0.4, 0.5) is 0 Å². The number of carbonyl (C=O) groups is 2. The van der Waals surface area contributed by atoms with Crippen molar-refractivity contribution in [1.29, 1.82) is 0 Å². The van der Waals surface area contributed by atoms with Crippen molar-refractivity contribution < 1.29 is 23.1 Å². The van der Waals surface area contributed by atoms with E-state index in [2.05, 4.69) is 5.32 Å². The molecule has 0 aliphatic carbocycles. The maximum Gasteiger partial charge on any atom is 0.335 e. The van der Waals surface area contributed by atoms with Crippen molar-refractivity contribution in [1.82, 2.24) is 9.62 Å². The Labute approximate surface area is 154 Å². The smallest absolute Gasteiger partial charge is 0.335 e. The quantitative estimate of drug-likeness (QED) is 0.751. The zero-order chi connectivity index (χ0) is 19.3. The molecule has 1 amide bonds. The Morgan fingerprint density at radius 2 is 1.69 bits per heavy atom. The van der Waals surface area contributed by atoms with Gasteiger partial charge in [0.15, 0.2) is 0 Å². The van der Waals surface area contributed by atoms with E-state index in [9.17, 15) is 18.0 Å². The van der Waals surface area contributed by atoms with Crippen molar-refractivity contribution in [2.45, 2.75) is 50.5 Å². The minimum Gasteiger partial charge on any atom is -0.478 e. The van der Waals surface area contributed by atoms with Crippen molar-refractivity contribution in [3.05, 3.63) is 29.8 Å². The van der Waals surface area contributed by atoms with E-state index >= 15 is 0 Å². The highest BCUT2D eigenvalue weighted by Gasteiger charge is 2.32. The van der Waals surface area contributed by atoms with Gasteiger partial charge in [-0.15, -0.1) is 0 Å². The Morgan fingerprint density at radius 3 is 2.15 bits per heavy atom. The van der Waals surface area contributed by atoms with Crippen LogP contribution >= 0.6 is 0 Å². The van der Waals surface area contributed by atoms with E-state index in [1.165, 1.54) is 28.6 Å². The highest BCUT2D eigenvalue weighted by Crippen LogP contribution is 2.24. The second kappa shape index (κ2) is 8.64. The first-order valence-electron chi connectivity index (χ1n) is 8.93. The number of nitrogens with one attached hydrogen (secondary N) is 1. The number of carbonyl (C=O) groups excluding carboxylic acids is 1. The van der Waals surface area contributed by atoms with Crippen LogP contribution in [0.3, 0.4) is 0 Å². The normalized spacial score (nSPS) is 16.6. The van der Waals surface area contributed by atoms with Crippen LogP contribution < -0.4 is 5.32 Å². The lowest BCUT2D eigenvalue weighted by molar-refractivity contribution is -0.126. The van der Waals surface area contributed by atoms with Gasteiger partial charge < -0.3 is 10.4 Å². The van der Waals surface area contributed by atoms with Crippen molar-refractivity contribution in [3.8, 4) is 0 Å². The number of amides is 1. The third-order valence-corrected chi connectivity index (χ3v) is 6.81. The molecule has 1 heterocycles. The third-order valence-electron chi connectivity index (χ3n) is 4.90. The van der Waals surface area contributed by atoms with Crippen LogP contribution in [-0.4, -0.2) is 48.8 Å². The molecule has 1 aromatic rings. The highest BCUT2D eigenvalue weighted by molar-refractivity contribution is 7.89. The summed E-state index contributed by atoms with van der Waals surface area (Å²) < 4.78 is 26.8. The van der Waals surface area contributed by atoms with Crippen LogP contribution in [0.2, 0.25) is 0 Å². The Hall–Kier alpha value is -1.93. The average Bonchev–Trinajstić information content (AvgIpc) is 2.66. The summed E-state index contributed by atoms with van der Waals surface area (Å²) in [5, 5.41) is 11.9. The summed E-state index contributed by atoms with van der Waals surface area (Å²) in [7, 11) is -3.68. The van der Waals surface area contributed by atoms with Crippen LogP contribution in [0.15, 0.2) is 29.2 Å². The molecule has 1 aliphatic heterocycles. The predicted octanol–water partition coefficient (Wildman–Crippen LogP) is 2.09. The second-order valence-electron chi connectivity index (χ2n) is 6.53. The van der Waals surface area contributed by atoms with Gasteiger partial charge in [0.2, 0.25) is 15.9 Å². The standard InChI is InChI=1S/C18H26N2O5S/c1-3-15(4-2)19-17(21)13-9-11-20(12-10-13)26(24,25)16-7-5-14(6-8-16)18(22)23/h5-8,13,15H,3-4,9-12H2,1-2H3,(H,19,21)(H,22,23). The van der Waals surface area contributed by atoms with E-state index in [0.29, 0.717) is 12.8 Å². The molecular formula is C18H26N2O5S. The van der Waals surface area contributed by atoms with E-state index in [1.807, 2.05) is 13.8 Å². The fourth-order valence-corrected chi connectivity index (χ4v) is 4.56. The Kier molecular flexibility index (Phi) is 6.77.